The Bertz CT molecular complexity index is 544. The number of hydrogen-bond acceptors (Lipinski definition) is 1. The molecule has 0 saturated heterocycles. The van der Waals surface area contributed by atoms with Gasteiger partial charge in [0.15, 0.2) is 0 Å². The van der Waals surface area contributed by atoms with E-state index in [4.69, 9.17) is 0 Å². The summed E-state index contributed by atoms with van der Waals surface area (Å²) in [6.07, 6.45) is 1.00. The van der Waals surface area contributed by atoms with Crippen LogP contribution in [0.25, 0.3) is 0 Å². The van der Waals surface area contributed by atoms with Gasteiger partial charge in [0.2, 0.25) is 0 Å². The lowest BCUT2D eigenvalue weighted by molar-refractivity contribution is 0.731. The number of benzene rings is 1. The first-order chi connectivity index (χ1) is 9.62. The molecule has 1 aromatic rings. The van der Waals surface area contributed by atoms with Gasteiger partial charge in [0.1, 0.15) is 8.07 Å². The second-order valence-corrected chi connectivity index (χ2v) is 12.4. The lowest BCUT2D eigenvalue weighted by Gasteiger charge is -2.31. The molecule has 0 saturated carbocycles. The highest BCUT2D eigenvalue weighted by Crippen LogP contribution is 2.35. The smallest absolute Gasteiger partial charge is 0.138 e. The molecule has 0 atom stereocenters. The van der Waals surface area contributed by atoms with Crippen molar-refractivity contribution in [3.8, 4) is 11.5 Å². The van der Waals surface area contributed by atoms with Crippen molar-refractivity contribution in [1.82, 2.24) is 0 Å². The van der Waals surface area contributed by atoms with Gasteiger partial charge in [-0.2, -0.15) is 0 Å². The molecule has 2 heteroatoms. The van der Waals surface area contributed by atoms with E-state index in [2.05, 4.69) is 74.6 Å². The van der Waals surface area contributed by atoms with Crippen LogP contribution >= 0.6 is 0 Å². The Morgan fingerprint density at radius 1 is 1.10 bits per heavy atom. The van der Waals surface area contributed by atoms with Crippen molar-refractivity contribution in [3.63, 3.8) is 0 Å². The monoisotopic (exact) mass is 299 g/mol. The third-order valence-corrected chi connectivity index (χ3v) is 8.68. The molecule has 0 heterocycles. The summed E-state index contributed by atoms with van der Waals surface area (Å²) in [5.41, 5.74) is 7.16. The molecule has 0 aliphatic rings. The fourth-order valence-corrected chi connectivity index (χ4v) is 2.41. The number of rotatable bonds is 3. The van der Waals surface area contributed by atoms with Crippen LogP contribution in [-0.4, -0.2) is 20.3 Å². The molecule has 0 radical (unpaired) electrons. The Morgan fingerprint density at radius 3 is 2.14 bits per heavy atom. The zero-order chi connectivity index (χ0) is 16.1. The summed E-state index contributed by atoms with van der Waals surface area (Å²) in [7, 11) is -1.51. The average molecular weight is 300 g/mol. The number of nitrogens with zero attached hydrogens (tertiary/aromatic N) is 1. The fraction of sp³-hybridized carbons (Fsp3) is 0.526. The van der Waals surface area contributed by atoms with Crippen molar-refractivity contribution < 1.29 is 0 Å². The molecule has 0 amide bonds. The van der Waals surface area contributed by atoms with Gasteiger partial charge in [-0.25, -0.2) is 0 Å². The van der Waals surface area contributed by atoms with Gasteiger partial charge >= 0.3 is 0 Å². The van der Waals surface area contributed by atoms with Crippen LogP contribution in [0.1, 0.15) is 45.7 Å². The SMILES string of the molecule is CC(C)=NCCc1ccc(C#C[Si](C)(C)C(C)(C)C)cc1. The lowest BCUT2D eigenvalue weighted by Crippen LogP contribution is -2.35. The first-order valence-corrected chi connectivity index (χ1v) is 10.7. The first kappa shape index (κ1) is 17.7. The maximum Gasteiger partial charge on any atom is 0.138 e. The average Bonchev–Trinajstić information content (AvgIpc) is 2.36. The molecule has 0 bridgehead atoms. The Kier molecular flexibility index (Phi) is 5.98. The molecule has 1 rings (SSSR count). The molecule has 0 aliphatic heterocycles. The maximum atomic E-state index is 4.43. The van der Waals surface area contributed by atoms with E-state index in [1.807, 2.05) is 13.8 Å². The molecule has 114 valence electrons. The Balaban J connectivity index is 2.74. The van der Waals surface area contributed by atoms with Gasteiger partial charge in [-0.05, 0) is 43.0 Å². The van der Waals surface area contributed by atoms with Crippen molar-refractivity contribution in [3.05, 3.63) is 35.4 Å². The van der Waals surface area contributed by atoms with Crippen molar-refractivity contribution in [2.45, 2.75) is 59.2 Å². The molecule has 21 heavy (non-hydrogen) atoms. The summed E-state index contributed by atoms with van der Waals surface area (Å²) in [5, 5.41) is 0.315. The van der Waals surface area contributed by atoms with E-state index < -0.39 is 8.07 Å². The molecule has 0 aliphatic carbocycles. The topological polar surface area (TPSA) is 12.4 Å². The molecular formula is C19H29NSi. The van der Waals surface area contributed by atoms with Crippen molar-refractivity contribution in [2.24, 2.45) is 4.99 Å². The van der Waals surface area contributed by atoms with E-state index in [0.717, 1.165) is 24.2 Å². The quantitative estimate of drug-likeness (QED) is 0.418. The molecule has 0 aromatic heterocycles. The van der Waals surface area contributed by atoms with Gasteiger partial charge in [0.25, 0.3) is 0 Å². The third-order valence-electron chi connectivity index (χ3n) is 4.18. The molecule has 0 fully saturated rings. The highest BCUT2D eigenvalue weighted by atomic mass is 28.3. The van der Waals surface area contributed by atoms with Crippen LogP contribution in [0.4, 0.5) is 0 Å². The van der Waals surface area contributed by atoms with E-state index in [0.29, 0.717) is 5.04 Å². The minimum Gasteiger partial charge on any atom is -0.294 e. The van der Waals surface area contributed by atoms with Crippen LogP contribution in [0, 0.1) is 11.5 Å². The molecule has 1 aromatic carbocycles. The molecule has 0 spiro atoms. The Hall–Kier alpha value is -1.33. The van der Waals surface area contributed by atoms with Gasteiger partial charge in [0, 0.05) is 17.8 Å². The van der Waals surface area contributed by atoms with Crippen molar-refractivity contribution in [2.75, 3.05) is 6.54 Å². The minimum absolute atomic E-state index is 0.315. The zero-order valence-corrected chi connectivity index (χ0v) is 15.7. The lowest BCUT2D eigenvalue weighted by atomic mass is 10.1. The van der Waals surface area contributed by atoms with Crippen LogP contribution in [0.3, 0.4) is 0 Å². The van der Waals surface area contributed by atoms with Gasteiger partial charge in [-0.3, -0.25) is 4.99 Å². The summed E-state index contributed by atoms with van der Waals surface area (Å²) in [4.78, 5) is 4.43. The van der Waals surface area contributed by atoms with E-state index in [1.54, 1.807) is 0 Å². The maximum absolute atomic E-state index is 4.43. The predicted molar refractivity (Wildman–Crippen MR) is 97.9 cm³/mol. The number of hydrogen-bond donors (Lipinski definition) is 0. The van der Waals surface area contributed by atoms with Crippen molar-refractivity contribution >= 4 is 13.8 Å². The first-order valence-electron chi connectivity index (χ1n) is 7.71. The van der Waals surface area contributed by atoms with Gasteiger partial charge in [0.05, 0.1) is 0 Å². The summed E-state index contributed by atoms with van der Waals surface area (Å²) in [6.45, 7) is 16.5. The largest absolute Gasteiger partial charge is 0.294 e. The fourth-order valence-electron chi connectivity index (χ4n) is 1.58. The standard InChI is InChI=1S/C19H29NSi/c1-16(2)20-14-12-17-8-10-18(11-9-17)13-15-21(6,7)19(3,4)5/h8-11H,12,14H2,1-7H3. The van der Waals surface area contributed by atoms with Gasteiger partial charge in [-0.1, -0.05) is 51.9 Å². The molecule has 0 N–H and O–H groups in total. The second-order valence-electron chi connectivity index (χ2n) is 7.40. The summed E-state index contributed by atoms with van der Waals surface area (Å²) in [5.74, 6) is 3.38. The van der Waals surface area contributed by atoms with Gasteiger partial charge in [-0.15, -0.1) is 5.54 Å². The van der Waals surface area contributed by atoms with Crippen LogP contribution in [-0.2, 0) is 6.42 Å². The van der Waals surface area contributed by atoms with E-state index in [9.17, 15) is 0 Å². The molecular weight excluding hydrogens is 270 g/mol. The molecule has 1 nitrogen and oxygen atoms in total. The molecule has 0 unspecified atom stereocenters. The summed E-state index contributed by atoms with van der Waals surface area (Å²) in [6, 6.07) is 8.63. The predicted octanol–water partition coefficient (Wildman–Crippen LogP) is 5.11. The number of aliphatic imine (C=N–C) groups is 1. The van der Waals surface area contributed by atoms with E-state index >= 15 is 0 Å². The highest BCUT2D eigenvalue weighted by Gasteiger charge is 2.33. The normalized spacial score (nSPS) is 11.6. The van der Waals surface area contributed by atoms with Gasteiger partial charge < -0.3 is 0 Å². The van der Waals surface area contributed by atoms with Crippen LogP contribution in [0.15, 0.2) is 29.3 Å². The Labute approximate surface area is 131 Å². The van der Waals surface area contributed by atoms with Crippen LogP contribution < -0.4 is 0 Å². The van der Waals surface area contributed by atoms with Crippen LogP contribution in [0.2, 0.25) is 18.1 Å². The minimum atomic E-state index is -1.51. The van der Waals surface area contributed by atoms with E-state index in [-0.39, 0.29) is 0 Å². The second kappa shape index (κ2) is 7.09. The summed E-state index contributed by atoms with van der Waals surface area (Å²) < 4.78 is 0. The summed E-state index contributed by atoms with van der Waals surface area (Å²) >= 11 is 0. The third kappa shape index (κ3) is 5.89. The van der Waals surface area contributed by atoms with E-state index in [1.165, 1.54) is 5.56 Å². The highest BCUT2D eigenvalue weighted by molar-refractivity contribution is 6.87. The zero-order valence-electron chi connectivity index (χ0n) is 14.7. The van der Waals surface area contributed by atoms with Crippen molar-refractivity contribution in [1.29, 1.82) is 0 Å². The Morgan fingerprint density at radius 2 is 1.67 bits per heavy atom. The van der Waals surface area contributed by atoms with Crippen LogP contribution in [0.5, 0.6) is 0 Å².